The summed E-state index contributed by atoms with van der Waals surface area (Å²) in [5.41, 5.74) is 0.950. The zero-order valence-corrected chi connectivity index (χ0v) is 14.2. The molecule has 0 bridgehead atoms. The molecule has 1 saturated heterocycles. The minimum Gasteiger partial charge on any atom is -0.497 e. The van der Waals surface area contributed by atoms with Gasteiger partial charge in [-0.05, 0) is 54.8 Å². The van der Waals surface area contributed by atoms with E-state index < -0.39 is 22.2 Å². The van der Waals surface area contributed by atoms with Crippen LogP contribution in [-0.2, 0) is 16.4 Å². The lowest BCUT2D eigenvalue weighted by Crippen LogP contribution is -2.41. The number of pyridine rings is 1. The Balaban J connectivity index is 1.87. The largest absolute Gasteiger partial charge is 0.497 e. The van der Waals surface area contributed by atoms with Crippen molar-refractivity contribution in [3.8, 4) is 5.75 Å². The SMILES string of the molecule is COc1ccc(S(=O)(=O)N2CC[C@@H](O)[C@@H]2Cc2ccncc2)cc1. The van der Waals surface area contributed by atoms with Crippen molar-refractivity contribution < 1.29 is 18.3 Å². The molecule has 1 aromatic carbocycles. The molecule has 1 aromatic heterocycles. The first kappa shape index (κ1) is 16.9. The van der Waals surface area contributed by atoms with Crippen molar-refractivity contribution in [2.24, 2.45) is 0 Å². The van der Waals surface area contributed by atoms with Gasteiger partial charge in [0.25, 0.3) is 0 Å². The van der Waals surface area contributed by atoms with Gasteiger partial charge in [0.2, 0.25) is 10.0 Å². The summed E-state index contributed by atoms with van der Waals surface area (Å²) >= 11 is 0. The molecule has 128 valence electrons. The number of ether oxygens (including phenoxy) is 1. The Morgan fingerprint density at radius 2 is 1.88 bits per heavy atom. The predicted molar refractivity (Wildman–Crippen MR) is 89.2 cm³/mol. The van der Waals surface area contributed by atoms with Gasteiger partial charge in [0.15, 0.2) is 0 Å². The van der Waals surface area contributed by atoms with Crippen LogP contribution < -0.4 is 4.74 Å². The van der Waals surface area contributed by atoms with E-state index in [4.69, 9.17) is 4.74 Å². The molecule has 0 amide bonds. The normalized spacial score (nSPS) is 21.8. The first-order valence-electron chi connectivity index (χ1n) is 7.75. The summed E-state index contributed by atoms with van der Waals surface area (Å²) in [6, 6.07) is 9.51. The monoisotopic (exact) mass is 348 g/mol. The number of rotatable bonds is 5. The second-order valence-corrected chi connectivity index (χ2v) is 7.66. The van der Waals surface area contributed by atoms with E-state index >= 15 is 0 Å². The molecule has 7 heteroatoms. The van der Waals surface area contributed by atoms with Crippen molar-refractivity contribution in [2.75, 3.05) is 13.7 Å². The fourth-order valence-electron chi connectivity index (χ4n) is 2.99. The molecule has 2 aromatic rings. The molecule has 0 saturated carbocycles. The van der Waals surface area contributed by atoms with Crippen molar-refractivity contribution in [3.05, 3.63) is 54.4 Å². The van der Waals surface area contributed by atoms with E-state index in [0.29, 0.717) is 25.1 Å². The van der Waals surface area contributed by atoms with Crippen LogP contribution in [0.5, 0.6) is 5.75 Å². The highest BCUT2D eigenvalue weighted by atomic mass is 32.2. The molecule has 1 aliphatic rings. The van der Waals surface area contributed by atoms with Crippen LogP contribution in [0.3, 0.4) is 0 Å². The Morgan fingerprint density at radius 1 is 1.21 bits per heavy atom. The van der Waals surface area contributed by atoms with Gasteiger partial charge in [-0.1, -0.05) is 0 Å². The smallest absolute Gasteiger partial charge is 0.243 e. The molecule has 1 N–H and O–H groups in total. The van der Waals surface area contributed by atoms with Crippen molar-refractivity contribution >= 4 is 10.0 Å². The van der Waals surface area contributed by atoms with Gasteiger partial charge < -0.3 is 9.84 Å². The maximum atomic E-state index is 12.9. The van der Waals surface area contributed by atoms with Crippen molar-refractivity contribution in [1.29, 1.82) is 0 Å². The van der Waals surface area contributed by atoms with Crippen LogP contribution in [0.1, 0.15) is 12.0 Å². The van der Waals surface area contributed by atoms with Crippen LogP contribution in [0.2, 0.25) is 0 Å². The number of sulfonamides is 1. The van der Waals surface area contributed by atoms with Gasteiger partial charge in [-0.3, -0.25) is 4.98 Å². The standard InChI is InChI=1S/C17H20N2O4S/c1-23-14-2-4-15(5-3-14)24(21,22)19-11-8-17(20)16(19)12-13-6-9-18-10-7-13/h2-7,9-10,16-17,20H,8,11-12H2,1H3/t16-,17+/m0/s1. The van der Waals surface area contributed by atoms with E-state index in [-0.39, 0.29) is 4.90 Å². The topological polar surface area (TPSA) is 79.7 Å². The van der Waals surface area contributed by atoms with Gasteiger partial charge in [0, 0.05) is 18.9 Å². The summed E-state index contributed by atoms with van der Waals surface area (Å²) in [4.78, 5) is 4.17. The number of aliphatic hydroxyl groups is 1. The lowest BCUT2D eigenvalue weighted by molar-refractivity contribution is 0.142. The zero-order valence-electron chi connectivity index (χ0n) is 13.4. The molecular formula is C17H20N2O4S. The Labute approximate surface area is 141 Å². The summed E-state index contributed by atoms with van der Waals surface area (Å²) in [6.45, 7) is 0.311. The van der Waals surface area contributed by atoms with Crippen LogP contribution in [0.4, 0.5) is 0 Å². The Bertz CT molecular complexity index is 778. The molecule has 24 heavy (non-hydrogen) atoms. The number of benzene rings is 1. The number of aromatic nitrogens is 1. The van der Waals surface area contributed by atoms with E-state index in [1.165, 1.54) is 23.5 Å². The molecule has 0 aliphatic carbocycles. The van der Waals surface area contributed by atoms with Crippen molar-refractivity contribution in [2.45, 2.75) is 29.9 Å². The average molecular weight is 348 g/mol. The third-order valence-corrected chi connectivity index (χ3v) is 6.26. The summed E-state index contributed by atoms with van der Waals surface area (Å²) < 4.78 is 32.4. The molecule has 2 atom stereocenters. The maximum absolute atomic E-state index is 12.9. The van der Waals surface area contributed by atoms with Gasteiger partial charge >= 0.3 is 0 Å². The summed E-state index contributed by atoms with van der Waals surface area (Å²) in [7, 11) is -2.13. The number of hydrogen-bond acceptors (Lipinski definition) is 5. The first-order valence-corrected chi connectivity index (χ1v) is 9.19. The molecule has 0 unspecified atom stereocenters. The van der Waals surface area contributed by atoms with E-state index in [9.17, 15) is 13.5 Å². The van der Waals surface area contributed by atoms with E-state index in [1.54, 1.807) is 24.5 Å². The molecule has 2 heterocycles. The minimum atomic E-state index is -3.66. The minimum absolute atomic E-state index is 0.206. The highest BCUT2D eigenvalue weighted by Crippen LogP contribution is 2.29. The van der Waals surface area contributed by atoms with Crippen molar-refractivity contribution in [1.82, 2.24) is 9.29 Å². The molecule has 1 fully saturated rings. The van der Waals surface area contributed by atoms with Gasteiger partial charge in [-0.2, -0.15) is 4.31 Å². The third kappa shape index (κ3) is 3.28. The van der Waals surface area contributed by atoms with Gasteiger partial charge in [0.1, 0.15) is 5.75 Å². The third-order valence-electron chi connectivity index (χ3n) is 4.32. The zero-order chi connectivity index (χ0) is 17.2. The number of aliphatic hydroxyl groups excluding tert-OH is 1. The van der Waals surface area contributed by atoms with Gasteiger partial charge in [-0.15, -0.1) is 0 Å². The lowest BCUT2D eigenvalue weighted by atomic mass is 10.0. The molecule has 6 nitrogen and oxygen atoms in total. The summed E-state index contributed by atoms with van der Waals surface area (Å²) in [5.74, 6) is 0.601. The first-order chi connectivity index (χ1) is 11.5. The van der Waals surface area contributed by atoms with Crippen LogP contribution in [0, 0.1) is 0 Å². The number of hydrogen-bond donors (Lipinski definition) is 1. The molecule has 3 rings (SSSR count). The number of nitrogens with zero attached hydrogens (tertiary/aromatic N) is 2. The van der Waals surface area contributed by atoms with Crippen LogP contribution >= 0.6 is 0 Å². The van der Waals surface area contributed by atoms with Gasteiger partial charge in [-0.25, -0.2) is 8.42 Å². The van der Waals surface area contributed by atoms with E-state index in [0.717, 1.165) is 5.56 Å². The second kappa shape index (κ2) is 6.88. The molecule has 0 spiro atoms. The van der Waals surface area contributed by atoms with Crippen molar-refractivity contribution in [3.63, 3.8) is 0 Å². The van der Waals surface area contributed by atoms with E-state index in [1.807, 2.05) is 12.1 Å². The average Bonchev–Trinajstić information content (AvgIpc) is 2.97. The number of methoxy groups -OCH3 is 1. The van der Waals surface area contributed by atoms with E-state index in [2.05, 4.69) is 4.98 Å². The maximum Gasteiger partial charge on any atom is 0.243 e. The Morgan fingerprint density at radius 3 is 2.50 bits per heavy atom. The Hall–Kier alpha value is -1.96. The van der Waals surface area contributed by atoms with Crippen LogP contribution in [0.25, 0.3) is 0 Å². The van der Waals surface area contributed by atoms with Crippen LogP contribution in [0.15, 0.2) is 53.7 Å². The van der Waals surface area contributed by atoms with Gasteiger partial charge in [0.05, 0.1) is 24.2 Å². The predicted octanol–water partition coefficient (Wildman–Crippen LogP) is 1.46. The highest BCUT2D eigenvalue weighted by Gasteiger charge is 2.40. The molecule has 0 radical (unpaired) electrons. The summed E-state index contributed by atoms with van der Waals surface area (Å²) in [6.07, 6.45) is 3.55. The fraction of sp³-hybridized carbons (Fsp3) is 0.353. The van der Waals surface area contributed by atoms with Crippen LogP contribution in [-0.4, -0.2) is 48.6 Å². The second-order valence-electron chi connectivity index (χ2n) is 5.77. The highest BCUT2D eigenvalue weighted by molar-refractivity contribution is 7.89. The summed E-state index contributed by atoms with van der Waals surface area (Å²) in [5, 5.41) is 10.3. The Kier molecular flexibility index (Phi) is 4.84. The lowest BCUT2D eigenvalue weighted by Gasteiger charge is -2.26. The quantitative estimate of drug-likeness (QED) is 0.885. The molecule has 1 aliphatic heterocycles. The molecular weight excluding hydrogens is 328 g/mol. The fourth-order valence-corrected chi connectivity index (χ4v) is 4.66.